The lowest BCUT2D eigenvalue weighted by Crippen LogP contribution is -2.52. The Hall–Kier alpha value is -3.14. The second-order valence-electron chi connectivity index (χ2n) is 8.96. The molecule has 2 N–H and O–H groups in total. The number of hydrogen-bond acceptors (Lipinski definition) is 13. The van der Waals surface area contributed by atoms with Crippen molar-refractivity contribution in [2.45, 2.75) is 18.9 Å². The molecule has 0 bridgehead atoms. The molecule has 0 aromatic rings. The third-order valence-corrected chi connectivity index (χ3v) is 6.37. The first-order valence-corrected chi connectivity index (χ1v) is 12.7. The van der Waals surface area contributed by atoms with Crippen molar-refractivity contribution in [3.05, 3.63) is 0 Å². The molecule has 15 nitrogen and oxygen atoms in total. The number of carbonyl (C=O) groups is 6. The zero-order valence-electron chi connectivity index (χ0n) is 23.0. The van der Waals surface area contributed by atoms with Crippen LogP contribution in [-0.4, -0.2) is 167 Å². The number of carboxylic acids is 1. The number of methoxy groups -OCH3 is 3. The van der Waals surface area contributed by atoms with Crippen molar-refractivity contribution < 1.29 is 48.1 Å². The normalized spacial score (nSPS) is 17.6. The van der Waals surface area contributed by atoms with E-state index >= 15 is 0 Å². The van der Waals surface area contributed by atoms with Crippen LogP contribution in [0.15, 0.2) is 0 Å². The van der Waals surface area contributed by atoms with E-state index in [-0.39, 0.29) is 52.1 Å². The van der Waals surface area contributed by atoms with E-state index in [0.29, 0.717) is 45.6 Å². The number of hydrogen-bond donors (Lipinski definition) is 2. The Morgan fingerprint density at radius 3 is 1.46 bits per heavy atom. The summed E-state index contributed by atoms with van der Waals surface area (Å²) in [6.07, 6.45) is 0.448. The molecule has 222 valence electrons. The van der Waals surface area contributed by atoms with Crippen molar-refractivity contribution in [2.75, 3.05) is 99.9 Å². The minimum Gasteiger partial charge on any atom is -0.480 e. The van der Waals surface area contributed by atoms with E-state index in [4.69, 9.17) is 14.2 Å². The van der Waals surface area contributed by atoms with Crippen LogP contribution < -0.4 is 5.32 Å². The zero-order valence-corrected chi connectivity index (χ0v) is 23.0. The predicted molar refractivity (Wildman–Crippen MR) is 137 cm³/mol. The molecule has 1 fully saturated rings. The number of esters is 3. The lowest BCUT2D eigenvalue weighted by atomic mass is 10.1. The van der Waals surface area contributed by atoms with Crippen LogP contribution in [0.2, 0.25) is 0 Å². The van der Waals surface area contributed by atoms with E-state index in [9.17, 15) is 33.9 Å². The number of nitrogens with one attached hydrogen (secondary N) is 1. The van der Waals surface area contributed by atoms with Crippen molar-refractivity contribution in [3.63, 3.8) is 0 Å². The van der Waals surface area contributed by atoms with Crippen LogP contribution in [0.1, 0.15) is 12.8 Å². The molecule has 15 heteroatoms. The average Bonchev–Trinajstić information content (AvgIpc) is 2.91. The Morgan fingerprint density at radius 2 is 1.13 bits per heavy atom. The maximum Gasteiger partial charge on any atom is 0.320 e. The molecule has 1 aliphatic rings. The first-order chi connectivity index (χ1) is 18.6. The Bertz CT molecular complexity index is 793. The summed E-state index contributed by atoms with van der Waals surface area (Å²) < 4.78 is 14.4. The van der Waals surface area contributed by atoms with Crippen molar-refractivity contribution in [2.24, 2.45) is 0 Å². The maximum atomic E-state index is 12.2. The van der Waals surface area contributed by atoms with Gasteiger partial charge in [0.05, 0.1) is 47.5 Å². The van der Waals surface area contributed by atoms with Gasteiger partial charge in [0, 0.05) is 58.8 Å². The van der Waals surface area contributed by atoms with Gasteiger partial charge >= 0.3 is 23.9 Å². The van der Waals surface area contributed by atoms with Gasteiger partial charge in [-0.05, 0) is 6.42 Å². The number of aldehydes is 1. The van der Waals surface area contributed by atoms with Crippen LogP contribution in [0.5, 0.6) is 0 Å². The van der Waals surface area contributed by atoms with Crippen LogP contribution in [0, 0.1) is 0 Å². The predicted octanol–water partition coefficient (Wildman–Crippen LogP) is -2.72. The summed E-state index contributed by atoms with van der Waals surface area (Å²) in [5.74, 6) is -2.89. The molecule has 39 heavy (non-hydrogen) atoms. The number of amides is 1. The quantitative estimate of drug-likeness (QED) is 0.135. The van der Waals surface area contributed by atoms with Gasteiger partial charge in [-0.3, -0.25) is 43.6 Å². The summed E-state index contributed by atoms with van der Waals surface area (Å²) in [6, 6.07) is -1.02. The van der Waals surface area contributed by atoms with Gasteiger partial charge in [0.15, 0.2) is 0 Å². The lowest BCUT2D eigenvalue weighted by Gasteiger charge is -2.35. The third-order valence-electron chi connectivity index (χ3n) is 6.37. The molecule has 1 amide bonds. The lowest BCUT2D eigenvalue weighted by molar-refractivity contribution is -0.146. The van der Waals surface area contributed by atoms with E-state index < -0.39 is 35.8 Å². The minimum atomic E-state index is -1.12. The molecule has 0 unspecified atom stereocenters. The third kappa shape index (κ3) is 14.0. The largest absolute Gasteiger partial charge is 0.480 e. The second-order valence-corrected chi connectivity index (χ2v) is 8.96. The summed E-state index contributed by atoms with van der Waals surface area (Å²) in [6.45, 7) is 2.46. The molecular formula is C24H41N5O10. The fourth-order valence-electron chi connectivity index (χ4n) is 4.05. The molecule has 0 aromatic carbocycles. The molecular weight excluding hydrogens is 518 g/mol. The number of rotatable bonds is 13. The highest BCUT2D eigenvalue weighted by molar-refractivity contribution is 5.80. The SMILES string of the molecule is COC(=O)CN1CCN(CC(=O)OC)CCN([C@H](CCC(=O)NCC=O)C(=O)O)CCN(CC(=O)OC)CC1. The first-order valence-electron chi connectivity index (χ1n) is 12.7. The van der Waals surface area contributed by atoms with Crippen molar-refractivity contribution in [1.82, 2.24) is 24.9 Å². The fourth-order valence-corrected chi connectivity index (χ4v) is 4.05. The molecule has 0 spiro atoms. The van der Waals surface area contributed by atoms with Crippen molar-refractivity contribution in [3.8, 4) is 0 Å². The zero-order chi connectivity index (χ0) is 29.2. The molecule has 0 aliphatic carbocycles. The van der Waals surface area contributed by atoms with Gasteiger partial charge < -0.3 is 29.4 Å². The Kier molecular flexibility index (Phi) is 16.5. The van der Waals surface area contributed by atoms with Gasteiger partial charge in [-0.15, -0.1) is 0 Å². The minimum absolute atomic E-state index is 0.000927. The molecule has 1 aliphatic heterocycles. The summed E-state index contributed by atoms with van der Waals surface area (Å²) in [5.41, 5.74) is 0. The summed E-state index contributed by atoms with van der Waals surface area (Å²) in [7, 11) is 3.85. The molecule has 0 saturated carbocycles. The Balaban J connectivity index is 3.17. The molecule has 1 atom stereocenters. The number of carbonyl (C=O) groups excluding carboxylic acids is 5. The van der Waals surface area contributed by atoms with E-state index in [1.54, 1.807) is 4.90 Å². The number of ether oxygens (including phenoxy) is 3. The van der Waals surface area contributed by atoms with Gasteiger partial charge in [-0.2, -0.15) is 0 Å². The van der Waals surface area contributed by atoms with Gasteiger partial charge in [0.2, 0.25) is 5.91 Å². The molecule has 1 rings (SSSR count). The summed E-state index contributed by atoms with van der Waals surface area (Å²) >= 11 is 0. The van der Waals surface area contributed by atoms with E-state index in [1.165, 1.54) is 21.3 Å². The maximum absolute atomic E-state index is 12.2. The summed E-state index contributed by atoms with van der Waals surface area (Å²) in [4.78, 5) is 78.0. The highest BCUT2D eigenvalue weighted by Gasteiger charge is 2.28. The van der Waals surface area contributed by atoms with Gasteiger partial charge in [0.25, 0.3) is 0 Å². The van der Waals surface area contributed by atoms with Crippen LogP contribution in [0.3, 0.4) is 0 Å². The number of aliphatic carboxylic acids is 1. The monoisotopic (exact) mass is 559 g/mol. The Labute approximate surface area is 228 Å². The van der Waals surface area contributed by atoms with Crippen LogP contribution in [0.4, 0.5) is 0 Å². The molecule has 0 aromatic heterocycles. The smallest absolute Gasteiger partial charge is 0.320 e. The summed E-state index contributed by atoms with van der Waals surface area (Å²) in [5, 5.41) is 12.4. The van der Waals surface area contributed by atoms with Gasteiger partial charge in [-0.25, -0.2) is 0 Å². The van der Waals surface area contributed by atoms with Crippen LogP contribution >= 0.6 is 0 Å². The number of carboxylic acid groups (broad SMARTS) is 1. The topological polar surface area (TPSA) is 175 Å². The average molecular weight is 560 g/mol. The van der Waals surface area contributed by atoms with Crippen molar-refractivity contribution >= 4 is 36.1 Å². The van der Waals surface area contributed by atoms with Gasteiger partial charge in [0.1, 0.15) is 12.3 Å². The Morgan fingerprint density at radius 1 is 0.744 bits per heavy atom. The molecule has 1 saturated heterocycles. The fraction of sp³-hybridized carbons (Fsp3) is 0.750. The van der Waals surface area contributed by atoms with E-state index in [0.717, 1.165) is 0 Å². The number of nitrogens with zero attached hydrogens (tertiary/aromatic N) is 4. The van der Waals surface area contributed by atoms with Crippen LogP contribution in [-0.2, 0) is 43.0 Å². The standard InChI is InChI=1S/C24H41N5O10/c1-37-21(32)16-26-7-9-27(17-22(33)38-2)11-13-29(14-12-28(10-8-26)18-23(34)39-3)19(24(35)36)4-5-20(31)25-6-15-30/h15,19H,4-14,16-18H2,1-3H3,(H,25,31)(H,35,36)/t19-/m1/s1. The molecule has 1 heterocycles. The highest BCUT2D eigenvalue weighted by Crippen LogP contribution is 2.11. The van der Waals surface area contributed by atoms with Crippen molar-refractivity contribution in [1.29, 1.82) is 0 Å². The second kappa shape index (κ2) is 19.0. The van der Waals surface area contributed by atoms with E-state index in [2.05, 4.69) is 5.32 Å². The van der Waals surface area contributed by atoms with E-state index in [1.807, 2.05) is 14.7 Å². The first kappa shape index (κ1) is 33.9. The van der Waals surface area contributed by atoms with Crippen LogP contribution in [0.25, 0.3) is 0 Å². The molecule has 0 radical (unpaired) electrons. The highest BCUT2D eigenvalue weighted by atomic mass is 16.5. The van der Waals surface area contributed by atoms with Gasteiger partial charge in [-0.1, -0.05) is 0 Å².